The highest BCUT2D eigenvalue weighted by Gasteiger charge is 2.10. The van der Waals surface area contributed by atoms with Crippen LogP contribution in [0.4, 0.5) is 5.13 Å². The lowest BCUT2D eigenvalue weighted by Gasteiger charge is -1.99. The number of nitrogens with zero attached hydrogens (tertiary/aromatic N) is 3. The van der Waals surface area contributed by atoms with Gasteiger partial charge in [0.05, 0.1) is 17.7 Å². The predicted molar refractivity (Wildman–Crippen MR) is 99.3 cm³/mol. The van der Waals surface area contributed by atoms with Crippen LogP contribution < -0.4 is 10.7 Å². The Morgan fingerprint density at radius 1 is 1.28 bits per heavy atom. The number of hydrogen-bond donors (Lipinski definition) is 2. The number of benzene rings is 1. The number of carbonyl (C=O) groups excluding carboxylic acids is 2. The van der Waals surface area contributed by atoms with Gasteiger partial charge >= 0.3 is 0 Å². The van der Waals surface area contributed by atoms with E-state index in [4.69, 9.17) is 23.2 Å². The van der Waals surface area contributed by atoms with Crippen molar-refractivity contribution in [1.29, 1.82) is 0 Å². The Kier molecular flexibility index (Phi) is 7.30. The molecule has 10 heteroatoms. The van der Waals surface area contributed by atoms with Crippen molar-refractivity contribution in [2.24, 2.45) is 5.10 Å². The Hall–Kier alpha value is -2.03. The van der Waals surface area contributed by atoms with E-state index < -0.39 is 0 Å². The zero-order valence-corrected chi connectivity index (χ0v) is 15.6. The summed E-state index contributed by atoms with van der Waals surface area (Å²) in [7, 11) is 0. The monoisotopic (exact) mass is 399 g/mol. The predicted octanol–water partition coefficient (Wildman–Crippen LogP) is 3.28. The number of hydrogen-bond acceptors (Lipinski definition) is 6. The van der Waals surface area contributed by atoms with Crippen LogP contribution in [0.5, 0.6) is 0 Å². The molecule has 2 aromatic rings. The topological polar surface area (TPSA) is 96.3 Å². The first-order valence-electron chi connectivity index (χ1n) is 7.37. The fraction of sp³-hybridized carbons (Fsp3) is 0.267. The van der Waals surface area contributed by atoms with Crippen LogP contribution in [0.3, 0.4) is 0 Å². The van der Waals surface area contributed by atoms with E-state index in [9.17, 15) is 9.59 Å². The molecule has 2 rings (SSSR count). The number of halogens is 2. The normalized spacial score (nSPS) is 10.8. The Labute approximate surface area is 158 Å². The van der Waals surface area contributed by atoms with Gasteiger partial charge in [-0.1, -0.05) is 47.5 Å². The van der Waals surface area contributed by atoms with E-state index in [0.717, 1.165) is 17.8 Å². The third kappa shape index (κ3) is 6.41. The molecule has 0 radical (unpaired) electrons. The summed E-state index contributed by atoms with van der Waals surface area (Å²) >= 11 is 13.0. The summed E-state index contributed by atoms with van der Waals surface area (Å²) in [5, 5.41) is 16.0. The lowest BCUT2D eigenvalue weighted by molar-refractivity contribution is -0.120. The molecule has 0 saturated heterocycles. The number of anilines is 1. The highest BCUT2D eigenvalue weighted by atomic mass is 35.5. The van der Waals surface area contributed by atoms with Gasteiger partial charge in [0.25, 0.3) is 0 Å². The van der Waals surface area contributed by atoms with E-state index in [-0.39, 0.29) is 18.2 Å². The van der Waals surface area contributed by atoms with Crippen LogP contribution in [0.15, 0.2) is 23.3 Å². The first kappa shape index (κ1) is 19.3. The largest absolute Gasteiger partial charge is 0.301 e. The Balaban J connectivity index is 1.85. The molecule has 0 aliphatic rings. The van der Waals surface area contributed by atoms with Gasteiger partial charge in [-0.25, -0.2) is 5.43 Å². The van der Waals surface area contributed by atoms with E-state index in [1.165, 1.54) is 6.21 Å². The van der Waals surface area contributed by atoms with Crippen molar-refractivity contribution in [3.8, 4) is 0 Å². The van der Waals surface area contributed by atoms with Crippen LogP contribution in [0.1, 0.15) is 30.3 Å². The lowest BCUT2D eigenvalue weighted by atomic mass is 10.2. The molecule has 0 saturated carbocycles. The first-order chi connectivity index (χ1) is 12.0. The molecule has 132 valence electrons. The molecule has 7 nitrogen and oxygen atoms in total. The number of carbonyl (C=O) groups is 2. The fourth-order valence-electron chi connectivity index (χ4n) is 1.74. The van der Waals surface area contributed by atoms with Crippen molar-refractivity contribution in [2.45, 2.75) is 26.2 Å². The first-order valence-corrected chi connectivity index (χ1v) is 8.94. The second-order valence-corrected chi connectivity index (χ2v) is 6.84. The van der Waals surface area contributed by atoms with E-state index in [1.54, 1.807) is 18.2 Å². The zero-order chi connectivity index (χ0) is 18.2. The summed E-state index contributed by atoms with van der Waals surface area (Å²) in [5.74, 6) is -0.483. The minimum absolute atomic E-state index is 0.00695. The Bertz CT molecular complexity index is 794. The van der Waals surface area contributed by atoms with Crippen molar-refractivity contribution in [1.82, 2.24) is 15.6 Å². The maximum atomic E-state index is 11.8. The van der Waals surface area contributed by atoms with Crippen LogP contribution in [0.25, 0.3) is 0 Å². The lowest BCUT2D eigenvalue weighted by Crippen LogP contribution is -2.19. The second kappa shape index (κ2) is 9.45. The van der Waals surface area contributed by atoms with Crippen molar-refractivity contribution in [3.05, 3.63) is 38.8 Å². The zero-order valence-electron chi connectivity index (χ0n) is 13.3. The molecule has 0 fully saturated rings. The van der Waals surface area contributed by atoms with Crippen molar-refractivity contribution >= 4 is 57.7 Å². The van der Waals surface area contributed by atoms with Crippen molar-refractivity contribution in [2.75, 3.05) is 5.32 Å². The van der Waals surface area contributed by atoms with E-state index in [0.29, 0.717) is 32.2 Å². The average Bonchev–Trinajstić information content (AvgIpc) is 2.96. The number of nitrogens with one attached hydrogen (secondary N) is 2. The molecule has 1 aromatic carbocycles. The molecule has 0 atom stereocenters. The summed E-state index contributed by atoms with van der Waals surface area (Å²) in [4.78, 5) is 23.3. The average molecular weight is 400 g/mol. The van der Waals surface area contributed by atoms with Gasteiger partial charge in [-0.2, -0.15) is 5.10 Å². The van der Waals surface area contributed by atoms with E-state index in [2.05, 4.69) is 26.0 Å². The van der Waals surface area contributed by atoms with Gasteiger partial charge in [-0.05, 0) is 18.6 Å². The number of amides is 2. The van der Waals surface area contributed by atoms with Gasteiger partial charge < -0.3 is 5.32 Å². The van der Waals surface area contributed by atoms with Crippen LogP contribution in [0, 0.1) is 0 Å². The molecule has 2 amide bonds. The molecular weight excluding hydrogens is 385 g/mol. The molecular formula is C15H15Cl2N5O2S. The number of aromatic nitrogens is 2. The highest BCUT2D eigenvalue weighted by Crippen LogP contribution is 2.19. The van der Waals surface area contributed by atoms with Crippen LogP contribution in [0.2, 0.25) is 10.0 Å². The Morgan fingerprint density at radius 3 is 2.80 bits per heavy atom. The molecule has 1 heterocycles. The standard InChI is InChI=1S/C15H15Cl2N5O2S/c1-2-3-12(23)19-15-22-21-14(25-15)7-13(24)20-18-8-9-4-5-10(16)6-11(9)17/h4-6,8H,2-3,7H2,1H3,(H,20,24)(H,19,22,23)/b18-8-. The molecule has 0 aliphatic heterocycles. The molecule has 2 N–H and O–H groups in total. The third-order valence-electron chi connectivity index (χ3n) is 2.86. The summed E-state index contributed by atoms with van der Waals surface area (Å²) < 4.78 is 0. The Morgan fingerprint density at radius 2 is 2.08 bits per heavy atom. The SMILES string of the molecule is CCCC(=O)Nc1nnc(CC(=O)N/N=C\c2ccc(Cl)cc2Cl)s1. The van der Waals surface area contributed by atoms with Gasteiger partial charge in [0, 0.05) is 17.0 Å². The van der Waals surface area contributed by atoms with Crippen molar-refractivity contribution in [3.63, 3.8) is 0 Å². The van der Waals surface area contributed by atoms with Gasteiger partial charge in [-0.3, -0.25) is 9.59 Å². The molecule has 0 bridgehead atoms. The summed E-state index contributed by atoms with van der Waals surface area (Å²) in [6.45, 7) is 1.91. The second-order valence-electron chi connectivity index (χ2n) is 4.93. The van der Waals surface area contributed by atoms with Gasteiger partial charge in [0.2, 0.25) is 16.9 Å². The van der Waals surface area contributed by atoms with Crippen molar-refractivity contribution < 1.29 is 9.59 Å². The van der Waals surface area contributed by atoms with Gasteiger partial charge in [0.15, 0.2) is 0 Å². The molecule has 0 spiro atoms. The molecule has 0 unspecified atom stereocenters. The summed E-state index contributed by atoms with van der Waals surface area (Å²) in [5.41, 5.74) is 3.01. The summed E-state index contributed by atoms with van der Waals surface area (Å²) in [6.07, 6.45) is 2.59. The quantitative estimate of drug-likeness (QED) is 0.551. The maximum Gasteiger partial charge on any atom is 0.247 e. The van der Waals surface area contributed by atoms with Gasteiger partial charge in [0.1, 0.15) is 5.01 Å². The number of hydrazone groups is 1. The smallest absolute Gasteiger partial charge is 0.247 e. The van der Waals surface area contributed by atoms with Gasteiger partial charge in [-0.15, -0.1) is 10.2 Å². The van der Waals surface area contributed by atoms with E-state index in [1.807, 2.05) is 6.92 Å². The number of rotatable bonds is 7. The van der Waals surface area contributed by atoms with E-state index >= 15 is 0 Å². The minimum atomic E-state index is -0.357. The van der Waals surface area contributed by atoms with Crippen LogP contribution in [-0.2, 0) is 16.0 Å². The molecule has 0 aliphatic carbocycles. The third-order valence-corrected chi connectivity index (χ3v) is 4.26. The van der Waals surface area contributed by atoms with Crippen LogP contribution >= 0.6 is 34.5 Å². The maximum absolute atomic E-state index is 11.8. The fourth-order valence-corrected chi connectivity index (χ4v) is 2.95. The molecule has 1 aromatic heterocycles. The van der Waals surface area contributed by atoms with Crippen LogP contribution in [-0.4, -0.2) is 28.2 Å². The minimum Gasteiger partial charge on any atom is -0.301 e. The highest BCUT2D eigenvalue weighted by molar-refractivity contribution is 7.15. The molecule has 25 heavy (non-hydrogen) atoms. The summed E-state index contributed by atoms with van der Waals surface area (Å²) in [6, 6.07) is 4.95.